The summed E-state index contributed by atoms with van der Waals surface area (Å²) >= 11 is 0. The van der Waals surface area contributed by atoms with E-state index in [4.69, 9.17) is 24.7 Å². The molecule has 92 valence electrons. The van der Waals surface area contributed by atoms with Crippen molar-refractivity contribution in [2.24, 2.45) is 11.5 Å². The minimum Gasteiger partial charge on any atom is -0.374 e. The Morgan fingerprint density at radius 3 is 1.93 bits per heavy atom. The van der Waals surface area contributed by atoms with Gasteiger partial charge in [0.2, 0.25) is 0 Å². The van der Waals surface area contributed by atoms with E-state index in [-0.39, 0.29) is 0 Å². The lowest BCUT2D eigenvalue weighted by Crippen LogP contribution is -2.47. The van der Waals surface area contributed by atoms with Crippen molar-refractivity contribution in [2.45, 2.75) is 26.3 Å². The third kappa shape index (κ3) is 6.24. The van der Waals surface area contributed by atoms with Gasteiger partial charge in [0.05, 0.1) is 6.61 Å². The molecule has 15 heavy (non-hydrogen) atoms. The third-order valence-electron chi connectivity index (χ3n) is 1.86. The van der Waals surface area contributed by atoms with E-state index in [9.17, 15) is 0 Å². The lowest BCUT2D eigenvalue weighted by atomic mass is 10.5. The predicted octanol–water partition coefficient (Wildman–Crippen LogP) is 0.322. The van der Waals surface area contributed by atoms with Gasteiger partial charge in [-0.3, -0.25) is 0 Å². The summed E-state index contributed by atoms with van der Waals surface area (Å²) in [5, 5.41) is 0. The van der Waals surface area contributed by atoms with Gasteiger partial charge in [-0.05, 0) is 26.8 Å². The Balaban J connectivity index is 4.26. The van der Waals surface area contributed by atoms with E-state index in [0.29, 0.717) is 32.9 Å². The van der Waals surface area contributed by atoms with Crippen LogP contribution in [0.3, 0.4) is 0 Å². The summed E-state index contributed by atoms with van der Waals surface area (Å²) in [4.78, 5) is 0. The molecule has 0 bridgehead atoms. The minimum atomic E-state index is -2.50. The fourth-order valence-corrected chi connectivity index (χ4v) is 3.94. The molecule has 0 aromatic rings. The zero-order valence-electron chi connectivity index (χ0n) is 9.83. The first-order chi connectivity index (χ1) is 7.24. The Labute approximate surface area is 93.4 Å². The topological polar surface area (TPSA) is 79.7 Å². The minimum absolute atomic E-state index is 0.483. The van der Waals surface area contributed by atoms with Crippen LogP contribution in [0.4, 0.5) is 0 Å². The highest BCUT2D eigenvalue weighted by Gasteiger charge is 2.39. The van der Waals surface area contributed by atoms with Gasteiger partial charge in [0.25, 0.3) is 0 Å². The maximum absolute atomic E-state index is 5.68. The van der Waals surface area contributed by atoms with Gasteiger partial charge in [0.1, 0.15) is 0 Å². The summed E-state index contributed by atoms with van der Waals surface area (Å²) in [6.45, 7) is 6.67. The average Bonchev–Trinajstić information content (AvgIpc) is 2.24. The van der Waals surface area contributed by atoms with Gasteiger partial charge in [0, 0.05) is 25.8 Å². The molecule has 0 saturated heterocycles. The van der Waals surface area contributed by atoms with E-state index in [0.717, 1.165) is 12.5 Å². The summed E-state index contributed by atoms with van der Waals surface area (Å²) < 4.78 is 17.0. The second-order valence-electron chi connectivity index (χ2n) is 3.08. The van der Waals surface area contributed by atoms with Gasteiger partial charge in [0.15, 0.2) is 0 Å². The van der Waals surface area contributed by atoms with E-state index in [1.807, 2.05) is 13.8 Å². The Morgan fingerprint density at radius 1 is 0.933 bits per heavy atom. The van der Waals surface area contributed by atoms with Crippen LogP contribution in [0.2, 0.25) is 6.04 Å². The first-order valence-electron chi connectivity index (χ1n) is 5.56. The molecule has 0 rings (SSSR count). The number of hydrogen-bond acceptors (Lipinski definition) is 5. The van der Waals surface area contributed by atoms with Crippen LogP contribution in [0.5, 0.6) is 0 Å². The fraction of sp³-hybridized carbons (Fsp3) is 1.00. The molecule has 0 aliphatic carbocycles. The molecular formula is C9H24N2O3Si. The molecule has 0 aliphatic heterocycles. The SMILES string of the molecule is CCO[Si](CCCN)(OCC)OCCN. The van der Waals surface area contributed by atoms with Crippen molar-refractivity contribution in [1.29, 1.82) is 0 Å². The molecule has 0 amide bonds. The van der Waals surface area contributed by atoms with Crippen molar-refractivity contribution in [3.05, 3.63) is 0 Å². The fourth-order valence-electron chi connectivity index (χ4n) is 1.31. The maximum atomic E-state index is 5.68. The first-order valence-corrected chi connectivity index (χ1v) is 7.49. The number of hydrogen-bond donors (Lipinski definition) is 2. The highest BCUT2D eigenvalue weighted by atomic mass is 28.4. The first kappa shape index (κ1) is 15.0. The van der Waals surface area contributed by atoms with Crippen LogP contribution < -0.4 is 11.5 Å². The molecule has 0 aromatic carbocycles. The summed E-state index contributed by atoms with van der Waals surface area (Å²) in [5.41, 5.74) is 10.9. The molecule has 5 nitrogen and oxygen atoms in total. The van der Waals surface area contributed by atoms with E-state index < -0.39 is 8.80 Å². The van der Waals surface area contributed by atoms with Gasteiger partial charge >= 0.3 is 8.80 Å². The van der Waals surface area contributed by atoms with Crippen molar-refractivity contribution >= 4 is 8.80 Å². The summed E-state index contributed by atoms with van der Waals surface area (Å²) in [6, 6.07) is 0.769. The molecule has 0 radical (unpaired) electrons. The largest absolute Gasteiger partial charge is 0.501 e. The highest BCUT2D eigenvalue weighted by molar-refractivity contribution is 6.60. The highest BCUT2D eigenvalue weighted by Crippen LogP contribution is 2.17. The van der Waals surface area contributed by atoms with Gasteiger partial charge in [-0.2, -0.15) is 0 Å². The van der Waals surface area contributed by atoms with E-state index in [1.54, 1.807) is 0 Å². The van der Waals surface area contributed by atoms with Crippen LogP contribution in [-0.4, -0.2) is 41.7 Å². The monoisotopic (exact) mass is 236 g/mol. The quantitative estimate of drug-likeness (QED) is 0.534. The Kier molecular flexibility index (Phi) is 9.27. The zero-order valence-corrected chi connectivity index (χ0v) is 10.8. The molecule has 0 saturated carbocycles. The summed E-state index contributed by atoms with van der Waals surface area (Å²) in [7, 11) is -2.50. The zero-order chi connectivity index (χ0) is 11.6. The van der Waals surface area contributed by atoms with Crippen molar-refractivity contribution < 1.29 is 13.3 Å². The normalized spacial score (nSPS) is 12.0. The summed E-state index contributed by atoms with van der Waals surface area (Å²) in [6.07, 6.45) is 0.858. The molecule has 0 fully saturated rings. The Bertz CT molecular complexity index is 133. The van der Waals surface area contributed by atoms with Crippen LogP contribution in [0.1, 0.15) is 20.3 Å². The second kappa shape index (κ2) is 9.26. The van der Waals surface area contributed by atoms with Crippen LogP contribution >= 0.6 is 0 Å². The summed E-state index contributed by atoms with van der Waals surface area (Å²) in [5.74, 6) is 0. The van der Waals surface area contributed by atoms with Crippen LogP contribution in [0.25, 0.3) is 0 Å². The predicted molar refractivity (Wildman–Crippen MR) is 62.5 cm³/mol. The molecule has 0 aliphatic rings. The lowest BCUT2D eigenvalue weighted by Gasteiger charge is -2.28. The van der Waals surface area contributed by atoms with Gasteiger partial charge < -0.3 is 24.7 Å². The van der Waals surface area contributed by atoms with Crippen molar-refractivity contribution in [3.8, 4) is 0 Å². The van der Waals surface area contributed by atoms with Crippen molar-refractivity contribution in [3.63, 3.8) is 0 Å². The molecule has 0 aromatic heterocycles. The lowest BCUT2D eigenvalue weighted by molar-refractivity contribution is 0.0691. The smallest absolute Gasteiger partial charge is 0.374 e. The Hall–Kier alpha value is 0.0169. The van der Waals surface area contributed by atoms with E-state index in [2.05, 4.69) is 0 Å². The van der Waals surface area contributed by atoms with E-state index in [1.165, 1.54) is 0 Å². The van der Waals surface area contributed by atoms with Gasteiger partial charge in [-0.15, -0.1) is 0 Å². The molecule has 0 heterocycles. The molecule has 0 spiro atoms. The third-order valence-corrected chi connectivity index (χ3v) is 4.92. The maximum Gasteiger partial charge on any atom is 0.501 e. The molecule has 4 N–H and O–H groups in total. The molecular weight excluding hydrogens is 212 g/mol. The molecule has 6 heteroatoms. The molecule has 0 atom stereocenters. The number of nitrogens with two attached hydrogens (primary N) is 2. The standard InChI is InChI=1S/C9H24N2O3Si/c1-3-12-15(13-4-2,9-5-6-10)14-8-7-11/h3-11H2,1-2H3. The van der Waals surface area contributed by atoms with Gasteiger partial charge in [-0.25, -0.2) is 0 Å². The second-order valence-corrected chi connectivity index (χ2v) is 5.81. The Morgan fingerprint density at radius 2 is 1.53 bits per heavy atom. The van der Waals surface area contributed by atoms with Crippen LogP contribution in [0, 0.1) is 0 Å². The van der Waals surface area contributed by atoms with Gasteiger partial charge in [-0.1, -0.05) is 0 Å². The van der Waals surface area contributed by atoms with Crippen LogP contribution in [-0.2, 0) is 13.3 Å². The number of rotatable bonds is 10. The van der Waals surface area contributed by atoms with Crippen LogP contribution in [0.15, 0.2) is 0 Å². The van der Waals surface area contributed by atoms with Crippen molar-refractivity contribution in [2.75, 3.05) is 32.9 Å². The van der Waals surface area contributed by atoms with E-state index >= 15 is 0 Å². The molecule has 0 unspecified atom stereocenters. The van der Waals surface area contributed by atoms with Crippen molar-refractivity contribution in [1.82, 2.24) is 0 Å². The average molecular weight is 236 g/mol.